The molecule has 0 unspecified atom stereocenters. The number of hydrogen-bond donors (Lipinski definition) is 1. The molecule has 3 rings (SSSR count). The summed E-state index contributed by atoms with van der Waals surface area (Å²) in [5, 5.41) is 13.4. The molecule has 1 aliphatic rings. The fourth-order valence-corrected chi connectivity index (χ4v) is 2.95. The maximum Gasteiger partial charge on any atom is 0.140 e. The van der Waals surface area contributed by atoms with Crippen LogP contribution >= 0.6 is 0 Å². The van der Waals surface area contributed by atoms with Crippen LogP contribution in [0.1, 0.15) is 36.3 Å². The molecule has 0 bridgehead atoms. The third-order valence-electron chi connectivity index (χ3n) is 4.08. The number of para-hydroxylation sites is 1. The summed E-state index contributed by atoms with van der Waals surface area (Å²) in [5.74, 6) is 1.08. The first-order valence-corrected chi connectivity index (χ1v) is 7.75. The first-order chi connectivity index (χ1) is 10.4. The van der Waals surface area contributed by atoms with Crippen LogP contribution in [0.3, 0.4) is 0 Å². The summed E-state index contributed by atoms with van der Waals surface area (Å²) in [7, 11) is 0. The molecule has 2 aromatic rings. The first kappa shape index (κ1) is 14.1. The normalized spacial score (nSPS) is 14.0. The predicted molar refractivity (Wildman–Crippen MR) is 82.3 cm³/mol. The Morgan fingerprint density at radius 2 is 1.95 bits per heavy atom. The van der Waals surface area contributed by atoms with E-state index < -0.39 is 0 Å². The minimum atomic E-state index is 0.209. The lowest BCUT2D eigenvalue weighted by molar-refractivity contribution is 0.289. The van der Waals surface area contributed by atoms with E-state index in [1.54, 1.807) is 0 Å². The second-order valence-corrected chi connectivity index (χ2v) is 5.57. The smallest absolute Gasteiger partial charge is 0.140 e. The van der Waals surface area contributed by atoms with Gasteiger partial charge in [-0.2, -0.15) is 0 Å². The first-order valence-electron chi connectivity index (χ1n) is 7.75. The summed E-state index contributed by atoms with van der Waals surface area (Å²) in [4.78, 5) is 2.27. The van der Waals surface area contributed by atoms with Crippen molar-refractivity contribution in [1.82, 2.24) is 5.16 Å². The minimum absolute atomic E-state index is 0.209. The lowest BCUT2D eigenvalue weighted by atomic mass is 9.96. The standard InChI is InChI=1S/C17H22N2O2/c20-12-6-11-19(14-7-2-1-3-8-14)13-16-15-9-4-5-10-17(15)21-18-16/h1-3,7-8,20H,4-6,9-13H2. The average molecular weight is 286 g/mol. The van der Waals surface area contributed by atoms with Crippen molar-refractivity contribution in [3.63, 3.8) is 0 Å². The second kappa shape index (κ2) is 6.76. The number of aliphatic hydroxyl groups excluding tert-OH is 1. The molecule has 0 amide bonds. The van der Waals surface area contributed by atoms with E-state index in [9.17, 15) is 0 Å². The number of hydrogen-bond acceptors (Lipinski definition) is 4. The molecular weight excluding hydrogens is 264 g/mol. The van der Waals surface area contributed by atoms with Gasteiger partial charge in [0.15, 0.2) is 0 Å². The van der Waals surface area contributed by atoms with Gasteiger partial charge < -0.3 is 14.5 Å². The van der Waals surface area contributed by atoms with Crippen LogP contribution < -0.4 is 4.90 Å². The van der Waals surface area contributed by atoms with Gasteiger partial charge in [-0.3, -0.25) is 0 Å². The Bertz CT molecular complexity index is 565. The van der Waals surface area contributed by atoms with Gasteiger partial charge in [0.1, 0.15) is 11.5 Å². The monoisotopic (exact) mass is 286 g/mol. The van der Waals surface area contributed by atoms with Crippen LogP contribution in [0, 0.1) is 0 Å². The summed E-state index contributed by atoms with van der Waals surface area (Å²) < 4.78 is 5.50. The summed E-state index contributed by atoms with van der Waals surface area (Å²) in [6.45, 7) is 1.78. The number of anilines is 1. The SMILES string of the molecule is OCCCN(Cc1noc2c1CCCC2)c1ccccc1. The summed E-state index contributed by atoms with van der Waals surface area (Å²) in [6, 6.07) is 10.3. The Balaban J connectivity index is 1.79. The van der Waals surface area contributed by atoms with Crippen molar-refractivity contribution in [2.24, 2.45) is 0 Å². The molecule has 0 saturated heterocycles. The number of rotatable bonds is 6. The highest BCUT2D eigenvalue weighted by atomic mass is 16.5. The van der Waals surface area contributed by atoms with E-state index in [1.807, 2.05) is 18.2 Å². The van der Waals surface area contributed by atoms with E-state index in [2.05, 4.69) is 22.2 Å². The average Bonchev–Trinajstić information content (AvgIpc) is 2.95. The van der Waals surface area contributed by atoms with E-state index in [0.717, 1.165) is 43.8 Å². The van der Waals surface area contributed by atoms with Crippen molar-refractivity contribution < 1.29 is 9.63 Å². The van der Waals surface area contributed by atoms with Crippen molar-refractivity contribution in [1.29, 1.82) is 0 Å². The third kappa shape index (κ3) is 3.27. The van der Waals surface area contributed by atoms with Gasteiger partial charge in [0.2, 0.25) is 0 Å². The number of benzene rings is 1. The summed E-state index contributed by atoms with van der Waals surface area (Å²) >= 11 is 0. The highest BCUT2D eigenvalue weighted by Gasteiger charge is 2.21. The summed E-state index contributed by atoms with van der Waals surface area (Å²) in [6.07, 6.45) is 5.29. The highest BCUT2D eigenvalue weighted by Crippen LogP contribution is 2.26. The Morgan fingerprint density at radius 1 is 1.14 bits per heavy atom. The van der Waals surface area contributed by atoms with Gasteiger partial charge >= 0.3 is 0 Å². The number of aryl methyl sites for hydroxylation is 1. The number of aliphatic hydroxyl groups is 1. The van der Waals surface area contributed by atoms with Gasteiger partial charge in [0.25, 0.3) is 0 Å². The van der Waals surface area contributed by atoms with Gasteiger partial charge in [0.05, 0.1) is 6.54 Å². The number of nitrogens with zero attached hydrogens (tertiary/aromatic N) is 2. The molecule has 4 nitrogen and oxygen atoms in total. The van der Waals surface area contributed by atoms with Crippen molar-refractivity contribution in [2.45, 2.75) is 38.6 Å². The van der Waals surface area contributed by atoms with E-state index in [1.165, 1.54) is 24.1 Å². The molecule has 1 aromatic heterocycles. The lowest BCUT2D eigenvalue weighted by Crippen LogP contribution is -2.25. The molecule has 1 aromatic carbocycles. The second-order valence-electron chi connectivity index (χ2n) is 5.57. The van der Waals surface area contributed by atoms with E-state index in [0.29, 0.717) is 0 Å². The molecule has 4 heteroatoms. The van der Waals surface area contributed by atoms with Crippen LogP contribution in [0.5, 0.6) is 0 Å². The zero-order chi connectivity index (χ0) is 14.5. The van der Waals surface area contributed by atoms with Crippen LogP contribution in [0.2, 0.25) is 0 Å². The number of fused-ring (bicyclic) bond motifs is 1. The van der Waals surface area contributed by atoms with Crippen molar-refractivity contribution in [3.8, 4) is 0 Å². The van der Waals surface area contributed by atoms with Gasteiger partial charge in [-0.05, 0) is 37.8 Å². The Labute approximate surface area is 125 Å². The molecule has 0 spiro atoms. The van der Waals surface area contributed by atoms with E-state index >= 15 is 0 Å². The van der Waals surface area contributed by atoms with Gasteiger partial charge in [-0.25, -0.2) is 0 Å². The molecule has 21 heavy (non-hydrogen) atoms. The van der Waals surface area contributed by atoms with Crippen LogP contribution in [-0.2, 0) is 19.4 Å². The Hall–Kier alpha value is -1.81. The van der Waals surface area contributed by atoms with E-state index in [4.69, 9.17) is 9.63 Å². The maximum absolute atomic E-state index is 9.12. The molecule has 1 aliphatic carbocycles. The third-order valence-corrected chi connectivity index (χ3v) is 4.08. The molecule has 0 saturated carbocycles. The molecule has 0 aliphatic heterocycles. The Kier molecular flexibility index (Phi) is 4.55. The molecule has 0 fully saturated rings. The lowest BCUT2D eigenvalue weighted by Gasteiger charge is -2.24. The van der Waals surface area contributed by atoms with E-state index in [-0.39, 0.29) is 6.61 Å². The van der Waals surface area contributed by atoms with Crippen LogP contribution in [0.15, 0.2) is 34.9 Å². The topological polar surface area (TPSA) is 49.5 Å². The molecule has 0 atom stereocenters. The number of aromatic nitrogens is 1. The zero-order valence-corrected chi connectivity index (χ0v) is 12.3. The fourth-order valence-electron chi connectivity index (χ4n) is 2.95. The van der Waals surface area contributed by atoms with Crippen molar-refractivity contribution in [3.05, 3.63) is 47.3 Å². The van der Waals surface area contributed by atoms with Gasteiger partial charge in [-0.1, -0.05) is 23.4 Å². The minimum Gasteiger partial charge on any atom is -0.396 e. The van der Waals surface area contributed by atoms with Crippen LogP contribution in [0.4, 0.5) is 5.69 Å². The molecule has 1 N–H and O–H groups in total. The molecule has 1 heterocycles. The fraction of sp³-hybridized carbons (Fsp3) is 0.471. The molecular formula is C17H22N2O2. The maximum atomic E-state index is 9.12. The molecule has 112 valence electrons. The van der Waals surface area contributed by atoms with Crippen LogP contribution in [-0.4, -0.2) is 23.4 Å². The predicted octanol–water partition coefficient (Wildman–Crippen LogP) is 2.94. The summed E-state index contributed by atoms with van der Waals surface area (Å²) in [5.41, 5.74) is 3.54. The Morgan fingerprint density at radius 3 is 2.76 bits per heavy atom. The van der Waals surface area contributed by atoms with Crippen molar-refractivity contribution in [2.75, 3.05) is 18.1 Å². The zero-order valence-electron chi connectivity index (χ0n) is 12.3. The highest BCUT2D eigenvalue weighted by molar-refractivity contribution is 5.46. The van der Waals surface area contributed by atoms with Crippen LogP contribution in [0.25, 0.3) is 0 Å². The largest absolute Gasteiger partial charge is 0.396 e. The quantitative estimate of drug-likeness (QED) is 0.887. The molecule has 0 radical (unpaired) electrons. The van der Waals surface area contributed by atoms with Gasteiger partial charge in [-0.15, -0.1) is 0 Å². The van der Waals surface area contributed by atoms with Gasteiger partial charge in [0, 0.05) is 30.8 Å². The van der Waals surface area contributed by atoms with Crippen molar-refractivity contribution >= 4 is 5.69 Å².